The van der Waals surface area contributed by atoms with Gasteiger partial charge in [-0.1, -0.05) is 56.7 Å². The number of esters is 3. The van der Waals surface area contributed by atoms with Gasteiger partial charge in [-0.15, -0.1) is 0 Å². The van der Waals surface area contributed by atoms with E-state index in [1.54, 1.807) is 56.4 Å². The lowest BCUT2D eigenvalue weighted by Crippen LogP contribution is -2.52. The number of rotatable bonds is 7. The summed E-state index contributed by atoms with van der Waals surface area (Å²) in [6, 6.07) is 10.2. The molecule has 1 amide bonds. The Morgan fingerprint density at radius 2 is 1.94 bits per heavy atom. The molecule has 2 aliphatic heterocycles. The summed E-state index contributed by atoms with van der Waals surface area (Å²) in [4.78, 5) is 54.8. The fraction of sp³-hybridized carbons (Fsp3) is 0.500. The zero-order chi connectivity index (χ0) is 35.5. The summed E-state index contributed by atoms with van der Waals surface area (Å²) >= 11 is 6.01. The molecule has 0 saturated carbocycles. The number of aromatic nitrogens is 1. The molecule has 49 heavy (non-hydrogen) atoms. The number of benzene rings is 1. The fourth-order valence-corrected chi connectivity index (χ4v) is 7.24. The van der Waals surface area contributed by atoms with Crippen LogP contribution < -0.4 is 5.32 Å². The number of nitrogens with one attached hydrogen (secondary N) is 2. The van der Waals surface area contributed by atoms with Gasteiger partial charge in [-0.05, 0) is 73.1 Å². The molecule has 2 aromatic rings. The predicted molar refractivity (Wildman–Crippen MR) is 177 cm³/mol. The number of methoxy groups -OCH3 is 1. The van der Waals surface area contributed by atoms with E-state index < -0.39 is 77.9 Å². The Kier molecular flexibility index (Phi) is 11.3. The minimum absolute atomic E-state index is 0.0639. The van der Waals surface area contributed by atoms with Gasteiger partial charge in [-0.3, -0.25) is 4.79 Å². The van der Waals surface area contributed by atoms with Crippen molar-refractivity contribution in [2.75, 3.05) is 7.11 Å². The van der Waals surface area contributed by atoms with Crippen LogP contribution in [0.4, 0.5) is 0 Å². The average Bonchev–Trinajstić information content (AvgIpc) is 3.60. The molecular weight excluding hydrogens is 656 g/mol. The molecule has 1 fully saturated rings. The van der Waals surface area contributed by atoms with E-state index in [0.29, 0.717) is 22.6 Å². The highest BCUT2D eigenvalue weighted by Gasteiger charge is 2.53. The normalized spacial score (nSPS) is 32.0. The Bertz CT molecular complexity index is 1590. The number of amides is 1. The summed E-state index contributed by atoms with van der Waals surface area (Å²) in [7, 11) is 1.40. The number of H-pyrrole nitrogens is 1. The van der Waals surface area contributed by atoms with Gasteiger partial charge in [-0.2, -0.15) is 0 Å². The number of aliphatic hydroxyl groups is 1. The molecule has 1 aliphatic carbocycles. The summed E-state index contributed by atoms with van der Waals surface area (Å²) in [5, 5.41) is 14.4. The third kappa shape index (κ3) is 7.93. The standard InChI is InChI=1S/C36H43ClN2O10/c1-19-14-20(2)36-17-24(30(21(3)32(41)49-36)48-33(42)27-10-7-13-38-27)11-12-25(36)16-28(45-5)34(43)47-29(19)22(4)46-35(44)31(40)39-18-23-8-6-9-26(37)15-23/h6-13,15,17,19-22,25,28-30,32,38,41H,14,16,18H2,1-5H3,(H,39,40)/t19?,20?,21-,22?,25+,28-,29-,30+,32?,36?/m0/s1. The Balaban J connectivity index is 1.37. The maximum absolute atomic E-state index is 13.6. The van der Waals surface area contributed by atoms with Crippen molar-refractivity contribution in [1.29, 1.82) is 0 Å². The second-order valence-corrected chi connectivity index (χ2v) is 13.6. The molecule has 0 radical (unpaired) electrons. The lowest BCUT2D eigenvalue weighted by atomic mass is 9.68. The Hall–Kier alpha value is -3.97. The minimum Gasteiger partial charge on any atom is -0.456 e. The Morgan fingerprint density at radius 1 is 1.16 bits per heavy atom. The van der Waals surface area contributed by atoms with Crippen LogP contribution in [-0.4, -0.2) is 77.3 Å². The molecule has 1 spiro atoms. The molecule has 1 saturated heterocycles. The summed E-state index contributed by atoms with van der Waals surface area (Å²) in [5.74, 6) is -5.08. The Morgan fingerprint density at radius 3 is 2.63 bits per heavy atom. The van der Waals surface area contributed by atoms with Gasteiger partial charge in [0.15, 0.2) is 12.4 Å². The summed E-state index contributed by atoms with van der Waals surface area (Å²) in [5.41, 5.74) is 0.519. The maximum Gasteiger partial charge on any atom is 0.397 e. The fourth-order valence-electron chi connectivity index (χ4n) is 7.03. The molecular formula is C36H43ClN2O10. The largest absolute Gasteiger partial charge is 0.456 e. The number of hydrogen-bond acceptors (Lipinski definition) is 10. The van der Waals surface area contributed by atoms with Crippen molar-refractivity contribution in [3.63, 3.8) is 0 Å². The molecule has 12 nitrogen and oxygen atoms in total. The highest BCUT2D eigenvalue weighted by Crippen LogP contribution is 2.48. The van der Waals surface area contributed by atoms with Gasteiger partial charge in [0.25, 0.3) is 0 Å². The van der Waals surface area contributed by atoms with Gasteiger partial charge in [-0.25, -0.2) is 14.4 Å². The van der Waals surface area contributed by atoms with Crippen LogP contribution in [0.25, 0.3) is 0 Å². The number of ether oxygens (including phenoxy) is 5. The van der Waals surface area contributed by atoms with Gasteiger partial charge >= 0.3 is 23.8 Å². The Labute approximate surface area is 290 Å². The van der Waals surface area contributed by atoms with Crippen LogP contribution in [0, 0.1) is 23.7 Å². The quantitative estimate of drug-likeness (QED) is 0.216. The first kappa shape index (κ1) is 36.3. The smallest absolute Gasteiger partial charge is 0.397 e. The van der Waals surface area contributed by atoms with Crippen molar-refractivity contribution in [3.8, 4) is 0 Å². The van der Waals surface area contributed by atoms with Gasteiger partial charge in [0.05, 0.1) is 5.60 Å². The van der Waals surface area contributed by atoms with E-state index in [2.05, 4.69) is 10.3 Å². The highest BCUT2D eigenvalue weighted by molar-refractivity contribution is 6.32. The number of hydrogen-bond donors (Lipinski definition) is 3. The van der Waals surface area contributed by atoms with Crippen molar-refractivity contribution in [2.45, 2.75) is 83.4 Å². The van der Waals surface area contributed by atoms with E-state index in [1.807, 2.05) is 32.1 Å². The van der Waals surface area contributed by atoms with E-state index in [1.165, 1.54) is 7.11 Å². The number of aliphatic hydroxyl groups excluding tert-OH is 1. The topological polar surface area (TPSA) is 162 Å². The third-order valence-electron chi connectivity index (χ3n) is 9.73. The molecule has 1 aromatic heterocycles. The molecule has 10 atom stereocenters. The van der Waals surface area contributed by atoms with Crippen molar-refractivity contribution >= 4 is 35.4 Å². The first-order chi connectivity index (χ1) is 23.3. The van der Waals surface area contributed by atoms with Gasteiger partial charge < -0.3 is 39.1 Å². The third-order valence-corrected chi connectivity index (χ3v) is 9.97. The van der Waals surface area contributed by atoms with E-state index in [0.717, 1.165) is 0 Å². The lowest BCUT2D eigenvalue weighted by Gasteiger charge is -2.47. The number of cyclic esters (lactones) is 1. The summed E-state index contributed by atoms with van der Waals surface area (Å²) in [6.07, 6.45) is 2.69. The second kappa shape index (κ2) is 15.3. The van der Waals surface area contributed by atoms with Crippen LogP contribution in [0.2, 0.25) is 5.02 Å². The molecule has 3 N–H and O–H groups in total. The molecule has 13 heteroatoms. The lowest BCUT2D eigenvalue weighted by molar-refractivity contribution is -0.229. The van der Waals surface area contributed by atoms with Crippen LogP contribution in [0.3, 0.4) is 0 Å². The molecule has 264 valence electrons. The number of carbonyl (C=O) groups excluding carboxylic acids is 4. The van der Waals surface area contributed by atoms with E-state index in [-0.39, 0.29) is 24.6 Å². The molecule has 3 aliphatic rings. The molecule has 2 bridgehead atoms. The molecule has 5 rings (SSSR count). The zero-order valence-electron chi connectivity index (χ0n) is 28.1. The molecule has 5 unspecified atom stereocenters. The van der Waals surface area contributed by atoms with E-state index >= 15 is 0 Å². The average molecular weight is 699 g/mol. The monoisotopic (exact) mass is 698 g/mol. The van der Waals surface area contributed by atoms with Crippen molar-refractivity contribution < 1.29 is 48.0 Å². The second-order valence-electron chi connectivity index (χ2n) is 13.1. The first-order valence-electron chi connectivity index (χ1n) is 16.4. The van der Waals surface area contributed by atoms with Crippen LogP contribution >= 0.6 is 11.6 Å². The van der Waals surface area contributed by atoms with Crippen LogP contribution in [0.1, 0.15) is 56.6 Å². The van der Waals surface area contributed by atoms with Crippen molar-refractivity contribution in [2.24, 2.45) is 23.7 Å². The highest BCUT2D eigenvalue weighted by atomic mass is 35.5. The summed E-state index contributed by atoms with van der Waals surface area (Å²) in [6.45, 7) is 7.20. The zero-order valence-corrected chi connectivity index (χ0v) is 28.8. The van der Waals surface area contributed by atoms with Crippen molar-refractivity contribution in [3.05, 3.63) is 82.7 Å². The molecule has 1 aromatic carbocycles. The van der Waals surface area contributed by atoms with Crippen LogP contribution in [0.15, 0.2) is 66.4 Å². The van der Waals surface area contributed by atoms with Gasteiger partial charge in [0.1, 0.15) is 24.0 Å². The first-order valence-corrected chi connectivity index (χ1v) is 16.8. The van der Waals surface area contributed by atoms with Gasteiger partial charge in [0.2, 0.25) is 0 Å². The van der Waals surface area contributed by atoms with E-state index in [4.69, 9.17) is 35.3 Å². The van der Waals surface area contributed by atoms with Gasteiger partial charge in [0, 0.05) is 36.7 Å². The predicted octanol–water partition coefficient (Wildman–Crippen LogP) is 4.27. The summed E-state index contributed by atoms with van der Waals surface area (Å²) < 4.78 is 29.5. The SMILES string of the molecule is CO[C@H]1C[C@H]2C=CC3=CC2(OC(O)[C@@H](C)[C@H]3OC(=O)c2ccc[nH]2)C(C)CC(C)[C@@H](C(C)OC(=O)C(=O)NCc2cccc(Cl)c2)OC1=O. The van der Waals surface area contributed by atoms with Crippen LogP contribution in [-0.2, 0) is 44.6 Å². The number of halogens is 1. The van der Waals surface area contributed by atoms with Crippen molar-refractivity contribution in [1.82, 2.24) is 10.3 Å². The number of aromatic amines is 1. The molecule has 3 heterocycles. The van der Waals surface area contributed by atoms with Crippen LogP contribution in [0.5, 0.6) is 0 Å². The van der Waals surface area contributed by atoms with E-state index in [9.17, 15) is 24.3 Å². The maximum atomic E-state index is 13.6. The minimum atomic E-state index is -1.33. The number of carbonyl (C=O) groups is 4.